The Morgan fingerprint density at radius 2 is 1.91 bits per heavy atom. The summed E-state index contributed by atoms with van der Waals surface area (Å²) in [5, 5.41) is 0. The number of aromatic nitrogens is 2. The van der Waals surface area contributed by atoms with Crippen LogP contribution < -0.4 is 10.5 Å². The maximum atomic E-state index is 14.5. The van der Waals surface area contributed by atoms with E-state index in [2.05, 4.69) is 14.7 Å². The Bertz CT molecular complexity index is 1370. The molecule has 2 aromatic carbocycles. The first kappa shape index (κ1) is 21.7. The lowest BCUT2D eigenvalue weighted by Crippen LogP contribution is -2.57. The van der Waals surface area contributed by atoms with Gasteiger partial charge in [-0.15, -0.1) is 0 Å². The van der Waals surface area contributed by atoms with Crippen LogP contribution in [0.5, 0.6) is 0 Å². The number of nitrogens with two attached hydrogens (primary N) is 1. The van der Waals surface area contributed by atoms with E-state index in [1.165, 1.54) is 48.8 Å². The number of amides is 1. The second kappa shape index (κ2) is 8.21. The van der Waals surface area contributed by atoms with Gasteiger partial charge < -0.3 is 5.73 Å². The maximum absolute atomic E-state index is 14.5. The molecule has 2 unspecified atom stereocenters. The molecule has 1 aliphatic rings. The standard InChI is InChI=1S/C22H18F2N4O3S/c23-15-8-7-14(17(24)12-15)13-22(9-2-1-4-16(22)21(25)29)28-32(30,31)19-6-3-5-18-20(19)27-11-10-26-18/h1-12,16,28H,13H2,(H2,25,29). The van der Waals surface area contributed by atoms with Gasteiger partial charge in [-0.2, -0.15) is 4.72 Å². The number of hydrogen-bond acceptors (Lipinski definition) is 5. The molecule has 7 nitrogen and oxygen atoms in total. The van der Waals surface area contributed by atoms with Crippen LogP contribution in [0, 0.1) is 17.6 Å². The van der Waals surface area contributed by atoms with Crippen molar-refractivity contribution in [1.29, 1.82) is 0 Å². The van der Waals surface area contributed by atoms with Crippen molar-refractivity contribution in [1.82, 2.24) is 14.7 Å². The van der Waals surface area contributed by atoms with Crippen LogP contribution in [0.25, 0.3) is 11.0 Å². The minimum Gasteiger partial charge on any atom is -0.369 e. The third-order valence-corrected chi connectivity index (χ3v) is 6.80. The summed E-state index contributed by atoms with van der Waals surface area (Å²) in [5.41, 5.74) is 4.44. The predicted molar refractivity (Wildman–Crippen MR) is 114 cm³/mol. The van der Waals surface area contributed by atoms with Gasteiger partial charge in [0.15, 0.2) is 0 Å². The second-order valence-electron chi connectivity index (χ2n) is 7.36. The van der Waals surface area contributed by atoms with Crippen molar-refractivity contribution < 1.29 is 22.0 Å². The fourth-order valence-electron chi connectivity index (χ4n) is 3.80. The first-order valence-corrected chi connectivity index (χ1v) is 11.0. The van der Waals surface area contributed by atoms with Gasteiger partial charge in [0.25, 0.3) is 0 Å². The van der Waals surface area contributed by atoms with Gasteiger partial charge in [0, 0.05) is 18.5 Å². The number of rotatable bonds is 6. The number of allylic oxidation sites excluding steroid dienone is 2. The van der Waals surface area contributed by atoms with Crippen molar-refractivity contribution in [2.24, 2.45) is 11.7 Å². The number of carbonyl (C=O) groups excluding carboxylic acids is 1. The molecule has 1 heterocycles. The van der Waals surface area contributed by atoms with Crippen LogP contribution in [0.3, 0.4) is 0 Å². The first-order valence-electron chi connectivity index (χ1n) is 9.55. The van der Waals surface area contributed by atoms with Crippen LogP contribution in [0.1, 0.15) is 5.56 Å². The van der Waals surface area contributed by atoms with E-state index >= 15 is 0 Å². The molecule has 0 saturated carbocycles. The number of hydrogen-bond donors (Lipinski definition) is 2. The van der Waals surface area contributed by atoms with E-state index in [-0.39, 0.29) is 22.4 Å². The van der Waals surface area contributed by atoms with E-state index in [0.29, 0.717) is 11.6 Å². The Hall–Kier alpha value is -3.50. The van der Waals surface area contributed by atoms with Gasteiger partial charge in [-0.25, -0.2) is 17.2 Å². The molecule has 0 bridgehead atoms. The highest BCUT2D eigenvalue weighted by molar-refractivity contribution is 7.89. The SMILES string of the molecule is NC(=O)C1C=CC=CC1(Cc1ccc(F)cc1F)NS(=O)(=O)c1cccc2nccnc12. The third kappa shape index (κ3) is 4.02. The molecule has 1 aromatic heterocycles. The molecule has 2 atom stereocenters. The largest absolute Gasteiger partial charge is 0.369 e. The molecule has 1 amide bonds. The number of para-hydroxylation sites is 1. The molecule has 0 radical (unpaired) electrons. The maximum Gasteiger partial charge on any atom is 0.243 e. The van der Waals surface area contributed by atoms with Gasteiger partial charge in [-0.3, -0.25) is 14.8 Å². The van der Waals surface area contributed by atoms with Crippen LogP contribution in [0.15, 0.2) is 78.0 Å². The van der Waals surface area contributed by atoms with E-state index in [0.717, 1.165) is 6.07 Å². The molecular formula is C22H18F2N4O3S. The van der Waals surface area contributed by atoms with Gasteiger partial charge in [0.2, 0.25) is 15.9 Å². The fourth-order valence-corrected chi connectivity index (χ4v) is 5.34. The molecule has 3 N–H and O–H groups in total. The van der Waals surface area contributed by atoms with Crippen LogP contribution >= 0.6 is 0 Å². The molecule has 0 saturated heterocycles. The molecule has 164 valence electrons. The van der Waals surface area contributed by atoms with E-state index in [1.807, 2.05) is 0 Å². The lowest BCUT2D eigenvalue weighted by Gasteiger charge is -2.37. The van der Waals surface area contributed by atoms with Crippen LogP contribution in [0.4, 0.5) is 8.78 Å². The Balaban J connectivity index is 1.84. The topological polar surface area (TPSA) is 115 Å². The first-order chi connectivity index (χ1) is 15.2. The van der Waals surface area contributed by atoms with E-state index in [9.17, 15) is 22.0 Å². The molecule has 0 aliphatic heterocycles. The summed E-state index contributed by atoms with van der Waals surface area (Å²) in [6.45, 7) is 0. The van der Waals surface area contributed by atoms with Crippen molar-refractivity contribution in [2.45, 2.75) is 16.9 Å². The Kier molecular flexibility index (Phi) is 5.57. The predicted octanol–water partition coefficient (Wildman–Crippen LogP) is 2.40. The fraction of sp³-hybridized carbons (Fsp3) is 0.136. The average molecular weight is 456 g/mol. The highest BCUT2D eigenvalue weighted by atomic mass is 32.2. The summed E-state index contributed by atoms with van der Waals surface area (Å²) in [7, 11) is -4.29. The summed E-state index contributed by atoms with van der Waals surface area (Å²) in [6.07, 6.45) is 8.47. The van der Waals surface area contributed by atoms with Crippen molar-refractivity contribution in [3.8, 4) is 0 Å². The van der Waals surface area contributed by atoms with Crippen molar-refractivity contribution in [3.05, 3.63) is 90.3 Å². The molecule has 0 fully saturated rings. The van der Waals surface area contributed by atoms with Crippen LogP contribution in [-0.4, -0.2) is 29.8 Å². The van der Waals surface area contributed by atoms with E-state index in [4.69, 9.17) is 5.73 Å². The van der Waals surface area contributed by atoms with Gasteiger partial charge in [0.05, 0.1) is 17.0 Å². The Morgan fingerprint density at radius 1 is 1.12 bits per heavy atom. The highest BCUT2D eigenvalue weighted by Gasteiger charge is 2.44. The number of sulfonamides is 1. The molecule has 0 spiro atoms. The summed E-state index contributed by atoms with van der Waals surface area (Å²) >= 11 is 0. The number of nitrogens with zero attached hydrogens (tertiary/aromatic N) is 2. The number of benzene rings is 2. The summed E-state index contributed by atoms with van der Waals surface area (Å²) in [4.78, 5) is 20.3. The zero-order valence-electron chi connectivity index (χ0n) is 16.6. The second-order valence-corrected chi connectivity index (χ2v) is 9.01. The minimum absolute atomic E-state index is 0.0120. The van der Waals surface area contributed by atoms with Crippen LogP contribution in [0.2, 0.25) is 0 Å². The third-order valence-electron chi connectivity index (χ3n) is 5.24. The van der Waals surface area contributed by atoms with Gasteiger partial charge >= 0.3 is 0 Å². The normalized spacial score (nSPS) is 20.5. The van der Waals surface area contributed by atoms with Gasteiger partial charge in [-0.1, -0.05) is 36.4 Å². The molecule has 10 heteroatoms. The van der Waals surface area contributed by atoms with Gasteiger partial charge in [-0.05, 0) is 30.2 Å². The van der Waals surface area contributed by atoms with Gasteiger partial charge in [0.1, 0.15) is 22.0 Å². The van der Waals surface area contributed by atoms with Crippen molar-refractivity contribution in [3.63, 3.8) is 0 Å². The quantitative estimate of drug-likeness (QED) is 0.591. The zero-order chi connectivity index (χ0) is 22.9. The Labute approximate surface area is 182 Å². The lowest BCUT2D eigenvalue weighted by molar-refractivity contribution is -0.121. The molecular weight excluding hydrogens is 438 g/mol. The number of halogens is 2. The highest BCUT2D eigenvalue weighted by Crippen LogP contribution is 2.32. The molecule has 1 aliphatic carbocycles. The summed E-state index contributed by atoms with van der Waals surface area (Å²) < 4.78 is 57.4. The smallest absolute Gasteiger partial charge is 0.243 e. The number of fused-ring (bicyclic) bond motifs is 1. The number of nitrogens with one attached hydrogen (secondary N) is 1. The number of carbonyl (C=O) groups is 1. The lowest BCUT2D eigenvalue weighted by atomic mass is 9.76. The summed E-state index contributed by atoms with van der Waals surface area (Å²) in [6, 6.07) is 7.43. The number of primary amides is 1. The van der Waals surface area contributed by atoms with E-state index in [1.54, 1.807) is 12.1 Å². The molecule has 3 aromatic rings. The van der Waals surface area contributed by atoms with E-state index < -0.39 is 39.0 Å². The molecule has 32 heavy (non-hydrogen) atoms. The molecule has 4 rings (SSSR count). The zero-order valence-corrected chi connectivity index (χ0v) is 17.4. The monoisotopic (exact) mass is 456 g/mol. The van der Waals surface area contributed by atoms with Crippen molar-refractivity contribution >= 4 is 27.0 Å². The van der Waals surface area contributed by atoms with Crippen molar-refractivity contribution in [2.75, 3.05) is 0 Å². The van der Waals surface area contributed by atoms with Crippen LogP contribution in [-0.2, 0) is 21.2 Å². The average Bonchev–Trinajstić information content (AvgIpc) is 2.75. The Morgan fingerprint density at radius 3 is 2.66 bits per heavy atom. The minimum atomic E-state index is -4.29. The summed E-state index contributed by atoms with van der Waals surface area (Å²) in [5.74, 6) is -3.59.